The molecule has 0 spiro atoms. The molecule has 136 valence electrons. The Balaban J connectivity index is 1.91. The van der Waals surface area contributed by atoms with E-state index in [2.05, 4.69) is 5.32 Å². The Morgan fingerprint density at radius 3 is 2.69 bits per heavy atom. The minimum absolute atomic E-state index is 0.0114. The molecule has 0 unspecified atom stereocenters. The zero-order valence-corrected chi connectivity index (χ0v) is 15.7. The van der Waals surface area contributed by atoms with Crippen molar-refractivity contribution < 1.29 is 17.9 Å². The van der Waals surface area contributed by atoms with Gasteiger partial charge >= 0.3 is 0 Å². The number of nitrogens with one attached hydrogen (secondary N) is 1. The van der Waals surface area contributed by atoms with Gasteiger partial charge in [-0.15, -0.1) is 11.3 Å². The molecule has 1 aliphatic heterocycles. The number of benzene rings is 1. The number of amides is 1. The van der Waals surface area contributed by atoms with E-state index in [9.17, 15) is 13.2 Å². The number of hydrogen-bond donors (Lipinski definition) is 1. The minimum atomic E-state index is -3.69. The monoisotopic (exact) mass is 391 g/mol. The SMILES string of the molecule is COc1ccc(C#N)cc1NC(=O)c1sccc1S(=O)(=O)N1CCCC1. The summed E-state index contributed by atoms with van der Waals surface area (Å²) < 4.78 is 32.2. The van der Waals surface area contributed by atoms with Crippen LogP contribution in [0.2, 0.25) is 0 Å². The molecule has 0 aliphatic carbocycles. The Bertz CT molecular complexity index is 970. The van der Waals surface area contributed by atoms with Gasteiger partial charge in [0.15, 0.2) is 0 Å². The van der Waals surface area contributed by atoms with Gasteiger partial charge in [-0.2, -0.15) is 9.57 Å². The fourth-order valence-electron chi connectivity index (χ4n) is 2.79. The van der Waals surface area contributed by atoms with E-state index in [1.165, 1.54) is 23.5 Å². The third-order valence-corrected chi connectivity index (χ3v) is 7.08. The van der Waals surface area contributed by atoms with Crippen LogP contribution in [0.15, 0.2) is 34.5 Å². The van der Waals surface area contributed by atoms with Gasteiger partial charge in [0.1, 0.15) is 15.5 Å². The van der Waals surface area contributed by atoms with Gasteiger partial charge < -0.3 is 10.1 Å². The summed E-state index contributed by atoms with van der Waals surface area (Å²) in [7, 11) is -2.24. The summed E-state index contributed by atoms with van der Waals surface area (Å²) in [6.45, 7) is 0.939. The lowest BCUT2D eigenvalue weighted by Gasteiger charge is -2.16. The number of methoxy groups -OCH3 is 1. The van der Waals surface area contributed by atoms with Crippen LogP contribution < -0.4 is 10.1 Å². The number of rotatable bonds is 5. The topological polar surface area (TPSA) is 99.5 Å². The average molecular weight is 391 g/mol. The molecule has 7 nitrogen and oxygen atoms in total. The van der Waals surface area contributed by atoms with Gasteiger partial charge in [-0.05, 0) is 42.5 Å². The first-order chi connectivity index (χ1) is 12.5. The number of anilines is 1. The normalized spacial score (nSPS) is 14.8. The number of carbonyl (C=O) groups excluding carboxylic acids is 1. The van der Waals surface area contributed by atoms with E-state index in [1.807, 2.05) is 6.07 Å². The van der Waals surface area contributed by atoms with Crippen molar-refractivity contribution >= 4 is 33.0 Å². The van der Waals surface area contributed by atoms with Gasteiger partial charge in [-0.3, -0.25) is 4.79 Å². The van der Waals surface area contributed by atoms with Gasteiger partial charge in [0, 0.05) is 13.1 Å². The summed E-state index contributed by atoms with van der Waals surface area (Å²) in [6, 6.07) is 8.08. The molecule has 3 rings (SSSR count). The standard InChI is InChI=1S/C17H17N3O4S2/c1-24-14-5-4-12(11-18)10-13(14)19-17(21)16-15(6-9-25-16)26(22,23)20-7-2-3-8-20/h4-6,9-10H,2-3,7-8H2,1H3,(H,19,21). The lowest BCUT2D eigenvalue weighted by atomic mass is 10.2. The second-order valence-corrected chi connectivity index (χ2v) is 8.53. The van der Waals surface area contributed by atoms with E-state index in [1.54, 1.807) is 17.5 Å². The Morgan fingerprint density at radius 1 is 1.31 bits per heavy atom. The Hall–Kier alpha value is -2.41. The Kier molecular flexibility index (Phi) is 5.27. The third-order valence-electron chi connectivity index (χ3n) is 4.09. The van der Waals surface area contributed by atoms with E-state index >= 15 is 0 Å². The van der Waals surface area contributed by atoms with Crippen LogP contribution in [0, 0.1) is 11.3 Å². The number of ether oxygens (including phenoxy) is 1. The fourth-order valence-corrected chi connectivity index (χ4v) is 5.60. The zero-order chi connectivity index (χ0) is 18.7. The van der Waals surface area contributed by atoms with Crippen molar-refractivity contribution in [2.45, 2.75) is 17.7 Å². The van der Waals surface area contributed by atoms with E-state index < -0.39 is 15.9 Å². The molecule has 1 saturated heterocycles. The molecule has 26 heavy (non-hydrogen) atoms. The average Bonchev–Trinajstić information content (AvgIpc) is 3.33. The molecule has 1 aromatic carbocycles. The smallest absolute Gasteiger partial charge is 0.267 e. The van der Waals surface area contributed by atoms with Crippen molar-refractivity contribution in [1.29, 1.82) is 5.26 Å². The van der Waals surface area contributed by atoms with Crippen LogP contribution >= 0.6 is 11.3 Å². The van der Waals surface area contributed by atoms with E-state index in [4.69, 9.17) is 10.00 Å². The highest BCUT2D eigenvalue weighted by atomic mass is 32.2. The highest BCUT2D eigenvalue weighted by Crippen LogP contribution is 2.30. The van der Waals surface area contributed by atoms with Crippen molar-refractivity contribution in [3.05, 3.63) is 40.1 Å². The molecule has 1 amide bonds. The number of nitriles is 1. The van der Waals surface area contributed by atoms with Gasteiger partial charge in [0.2, 0.25) is 10.0 Å². The van der Waals surface area contributed by atoms with Crippen LogP contribution in [-0.4, -0.2) is 38.8 Å². The van der Waals surface area contributed by atoms with Crippen LogP contribution in [0.3, 0.4) is 0 Å². The first-order valence-corrected chi connectivity index (χ1v) is 10.3. The van der Waals surface area contributed by atoms with Crippen LogP contribution in [0.4, 0.5) is 5.69 Å². The highest BCUT2D eigenvalue weighted by Gasteiger charge is 2.32. The molecular formula is C17H17N3O4S2. The first kappa shape index (κ1) is 18.4. The molecule has 9 heteroatoms. The fraction of sp³-hybridized carbons (Fsp3) is 0.294. The van der Waals surface area contributed by atoms with Crippen LogP contribution in [0.25, 0.3) is 0 Å². The second kappa shape index (κ2) is 7.45. The van der Waals surface area contributed by atoms with Gasteiger partial charge in [-0.1, -0.05) is 0 Å². The summed E-state index contributed by atoms with van der Waals surface area (Å²) in [6.07, 6.45) is 1.64. The van der Waals surface area contributed by atoms with Crippen molar-refractivity contribution in [3.8, 4) is 11.8 Å². The van der Waals surface area contributed by atoms with Crippen molar-refractivity contribution in [2.75, 3.05) is 25.5 Å². The molecule has 0 radical (unpaired) electrons. The van der Waals surface area contributed by atoms with Crippen LogP contribution in [-0.2, 0) is 10.0 Å². The predicted molar refractivity (Wildman–Crippen MR) is 98.0 cm³/mol. The molecule has 0 saturated carbocycles. The number of sulfonamides is 1. The molecule has 1 aromatic heterocycles. The second-order valence-electron chi connectivity index (χ2n) is 5.71. The van der Waals surface area contributed by atoms with Gasteiger partial charge in [0.25, 0.3) is 5.91 Å². The zero-order valence-electron chi connectivity index (χ0n) is 14.1. The van der Waals surface area contributed by atoms with Crippen LogP contribution in [0.1, 0.15) is 28.1 Å². The summed E-state index contributed by atoms with van der Waals surface area (Å²) in [4.78, 5) is 12.8. The predicted octanol–water partition coefficient (Wildman–Crippen LogP) is 2.67. The van der Waals surface area contributed by atoms with Crippen molar-refractivity contribution in [2.24, 2.45) is 0 Å². The molecular weight excluding hydrogens is 374 g/mol. The quantitative estimate of drug-likeness (QED) is 0.845. The maximum atomic E-state index is 12.8. The molecule has 2 aromatic rings. The largest absolute Gasteiger partial charge is 0.495 e. The Morgan fingerprint density at radius 2 is 2.04 bits per heavy atom. The lowest BCUT2D eigenvalue weighted by Crippen LogP contribution is -2.29. The Labute approximate surface area is 155 Å². The van der Waals surface area contributed by atoms with E-state index in [-0.39, 0.29) is 9.77 Å². The van der Waals surface area contributed by atoms with Gasteiger partial charge in [-0.25, -0.2) is 8.42 Å². The maximum Gasteiger partial charge on any atom is 0.267 e. The summed E-state index contributed by atoms with van der Waals surface area (Å²) in [5.41, 5.74) is 0.673. The first-order valence-electron chi connectivity index (χ1n) is 7.94. The molecule has 0 bridgehead atoms. The highest BCUT2D eigenvalue weighted by molar-refractivity contribution is 7.89. The van der Waals surface area contributed by atoms with Crippen LogP contribution in [0.5, 0.6) is 5.75 Å². The molecule has 1 N–H and O–H groups in total. The number of hydrogen-bond acceptors (Lipinski definition) is 6. The lowest BCUT2D eigenvalue weighted by molar-refractivity contribution is 0.102. The maximum absolute atomic E-state index is 12.8. The molecule has 1 fully saturated rings. The van der Waals surface area contributed by atoms with E-state index in [0.29, 0.717) is 30.1 Å². The summed E-state index contributed by atoms with van der Waals surface area (Å²) in [5.74, 6) is -0.163. The molecule has 0 atom stereocenters. The summed E-state index contributed by atoms with van der Waals surface area (Å²) >= 11 is 1.06. The minimum Gasteiger partial charge on any atom is -0.495 e. The van der Waals surface area contributed by atoms with Crippen molar-refractivity contribution in [1.82, 2.24) is 4.31 Å². The van der Waals surface area contributed by atoms with Gasteiger partial charge in [0.05, 0.1) is 24.4 Å². The third kappa shape index (κ3) is 3.44. The molecule has 1 aliphatic rings. The number of nitrogens with zero attached hydrogens (tertiary/aromatic N) is 2. The number of carbonyl (C=O) groups is 1. The molecule has 2 heterocycles. The van der Waals surface area contributed by atoms with Crippen molar-refractivity contribution in [3.63, 3.8) is 0 Å². The number of thiophene rings is 1. The summed E-state index contributed by atoms with van der Waals surface area (Å²) in [5, 5.41) is 13.3. The van der Waals surface area contributed by atoms with E-state index in [0.717, 1.165) is 24.2 Å².